The lowest BCUT2D eigenvalue weighted by Crippen LogP contribution is -2.32. The van der Waals surface area contributed by atoms with Crippen molar-refractivity contribution in [2.75, 3.05) is 0 Å². The lowest BCUT2D eigenvalue weighted by Gasteiger charge is -2.14. The Hall–Kier alpha value is -1.34. The van der Waals surface area contributed by atoms with E-state index in [1.54, 1.807) is 6.92 Å². The molecular formula is C14H23NO5S. The molecule has 0 radical (unpaired) electrons. The summed E-state index contributed by atoms with van der Waals surface area (Å²) in [5.41, 5.74) is 0. The van der Waals surface area contributed by atoms with Gasteiger partial charge in [0.05, 0.1) is 0 Å². The highest BCUT2D eigenvalue weighted by molar-refractivity contribution is 7.89. The molecule has 0 saturated carbocycles. The Morgan fingerprint density at radius 2 is 1.95 bits per heavy atom. The first-order valence-corrected chi connectivity index (χ1v) is 8.48. The molecular weight excluding hydrogens is 294 g/mol. The number of hydrogen-bond donors (Lipinski definition) is 2. The standard InChI is InChI=1S/C14H23NO5S/c1-9(2)6-5-7-10(3)15-21(18,19)13-8-12(14(16)17)20-11(13)4/h8-10,15H,5-7H2,1-4H3,(H,16,17). The first-order valence-electron chi connectivity index (χ1n) is 6.99. The van der Waals surface area contributed by atoms with E-state index in [0.717, 1.165) is 25.3 Å². The quantitative estimate of drug-likeness (QED) is 0.768. The summed E-state index contributed by atoms with van der Waals surface area (Å²) in [6.07, 6.45) is 2.71. The van der Waals surface area contributed by atoms with Crippen molar-refractivity contribution in [3.8, 4) is 0 Å². The molecule has 1 atom stereocenters. The van der Waals surface area contributed by atoms with Crippen LogP contribution in [0.25, 0.3) is 0 Å². The lowest BCUT2D eigenvalue weighted by molar-refractivity contribution is 0.0661. The number of aryl methyl sites for hydroxylation is 1. The monoisotopic (exact) mass is 317 g/mol. The zero-order valence-corrected chi connectivity index (χ0v) is 13.7. The first-order chi connectivity index (χ1) is 9.63. The van der Waals surface area contributed by atoms with Gasteiger partial charge in [0.15, 0.2) is 0 Å². The molecule has 1 aromatic rings. The number of furan rings is 1. The van der Waals surface area contributed by atoms with Gasteiger partial charge in [-0.15, -0.1) is 0 Å². The molecule has 6 nitrogen and oxygen atoms in total. The fourth-order valence-corrected chi connectivity index (χ4v) is 3.51. The summed E-state index contributed by atoms with van der Waals surface area (Å²) in [6.45, 7) is 7.48. The summed E-state index contributed by atoms with van der Waals surface area (Å²) in [5.74, 6) is -0.998. The maximum absolute atomic E-state index is 12.2. The topological polar surface area (TPSA) is 96.6 Å². The van der Waals surface area contributed by atoms with Crippen molar-refractivity contribution in [3.05, 3.63) is 17.6 Å². The lowest BCUT2D eigenvalue weighted by atomic mass is 10.0. The molecule has 21 heavy (non-hydrogen) atoms. The molecule has 1 rings (SSSR count). The van der Waals surface area contributed by atoms with E-state index in [0.29, 0.717) is 5.92 Å². The SMILES string of the molecule is Cc1oc(C(=O)O)cc1S(=O)(=O)NC(C)CCCC(C)C. The van der Waals surface area contributed by atoms with Crippen LogP contribution in [0.2, 0.25) is 0 Å². The third-order valence-corrected chi connectivity index (χ3v) is 4.84. The molecule has 0 aliphatic rings. The van der Waals surface area contributed by atoms with Crippen LogP contribution in [0.1, 0.15) is 56.3 Å². The van der Waals surface area contributed by atoms with Crippen molar-refractivity contribution in [2.45, 2.75) is 57.9 Å². The van der Waals surface area contributed by atoms with E-state index in [2.05, 4.69) is 18.6 Å². The van der Waals surface area contributed by atoms with Gasteiger partial charge in [-0.2, -0.15) is 0 Å². The Balaban J connectivity index is 2.75. The fraction of sp³-hybridized carbons (Fsp3) is 0.643. The maximum atomic E-state index is 12.2. The molecule has 2 N–H and O–H groups in total. The molecule has 0 bridgehead atoms. The Kier molecular flexibility index (Phi) is 5.98. The molecule has 1 aromatic heterocycles. The molecule has 0 fully saturated rings. The summed E-state index contributed by atoms with van der Waals surface area (Å²) in [7, 11) is -3.76. The third kappa shape index (κ3) is 5.17. The van der Waals surface area contributed by atoms with Crippen LogP contribution in [-0.2, 0) is 10.0 Å². The van der Waals surface area contributed by atoms with Crippen LogP contribution in [0.3, 0.4) is 0 Å². The normalized spacial score (nSPS) is 13.6. The number of hydrogen-bond acceptors (Lipinski definition) is 4. The smallest absolute Gasteiger partial charge is 0.371 e. The molecule has 0 aliphatic carbocycles. The zero-order chi connectivity index (χ0) is 16.2. The maximum Gasteiger partial charge on any atom is 0.371 e. The first kappa shape index (κ1) is 17.7. The number of rotatable bonds is 8. The fourth-order valence-electron chi connectivity index (χ4n) is 2.06. The van der Waals surface area contributed by atoms with Crippen molar-refractivity contribution in [1.82, 2.24) is 4.72 Å². The van der Waals surface area contributed by atoms with Gasteiger partial charge in [0, 0.05) is 12.1 Å². The molecule has 120 valence electrons. The van der Waals surface area contributed by atoms with Gasteiger partial charge in [-0.05, 0) is 26.2 Å². The van der Waals surface area contributed by atoms with Gasteiger partial charge in [0.25, 0.3) is 0 Å². The van der Waals surface area contributed by atoms with E-state index in [1.807, 2.05) is 0 Å². The van der Waals surface area contributed by atoms with Gasteiger partial charge in [-0.3, -0.25) is 0 Å². The second-order valence-corrected chi connectivity index (χ2v) is 7.37. The number of nitrogens with one attached hydrogen (secondary N) is 1. The highest BCUT2D eigenvalue weighted by Gasteiger charge is 2.25. The third-order valence-electron chi connectivity index (χ3n) is 3.15. The molecule has 7 heteroatoms. The van der Waals surface area contributed by atoms with Crippen LogP contribution in [0.5, 0.6) is 0 Å². The van der Waals surface area contributed by atoms with Crippen LogP contribution in [0, 0.1) is 12.8 Å². The number of carbonyl (C=O) groups is 1. The minimum atomic E-state index is -3.76. The summed E-state index contributed by atoms with van der Waals surface area (Å²) in [6, 6.07) is 0.831. The van der Waals surface area contributed by atoms with Crippen molar-refractivity contribution in [3.63, 3.8) is 0 Å². The summed E-state index contributed by atoms with van der Waals surface area (Å²) in [5, 5.41) is 8.83. The van der Waals surface area contributed by atoms with Crippen molar-refractivity contribution >= 4 is 16.0 Å². The highest BCUT2D eigenvalue weighted by Crippen LogP contribution is 2.20. The van der Waals surface area contributed by atoms with Gasteiger partial charge in [-0.1, -0.05) is 26.7 Å². The van der Waals surface area contributed by atoms with Crippen LogP contribution >= 0.6 is 0 Å². The molecule has 0 aromatic carbocycles. The number of carboxylic acid groups (broad SMARTS) is 1. The van der Waals surface area contributed by atoms with Crippen LogP contribution < -0.4 is 4.72 Å². The van der Waals surface area contributed by atoms with E-state index in [4.69, 9.17) is 9.52 Å². The second-order valence-electron chi connectivity index (χ2n) is 5.68. The molecule has 1 unspecified atom stereocenters. The van der Waals surface area contributed by atoms with Gasteiger partial charge < -0.3 is 9.52 Å². The summed E-state index contributed by atoms with van der Waals surface area (Å²) < 4.78 is 32.0. The summed E-state index contributed by atoms with van der Waals surface area (Å²) in [4.78, 5) is 10.7. The predicted octanol–water partition coefficient (Wildman–Crippen LogP) is 2.78. The average molecular weight is 317 g/mol. The minimum Gasteiger partial charge on any atom is -0.475 e. The van der Waals surface area contributed by atoms with Crippen molar-refractivity contribution in [2.24, 2.45) is 5.92 Å². The Labute approximate surface area is 125 Å². The van der Waals surface area contributed by atoms with Gasteiger partial charge in [0.2, 0.25) is 15.8 Å². The number of carboxylic acids is 1. The zero-order valence-electron chi connectivity index (χ0n) is 12.8. The van der Waals surface area contributed by atoms with Crippen molar-refractivity contribution in [1.29, 1.82) is 0 Å². The molecule has 1 heterocycles. The molecule has 0 aliphatic heterocycles. The van der Waals surface area contributed by atoms with E-state index < -0.39 is 16.0 Å². The number of sulfonamides is 1. The highest BCUT2D eigenvalue weighted by atomic mass is 32.2. The van der Waals surface area contributed by atoms with Gasteiger partial charge in [0.1, 0.15) is 10.7 Å². The largest absolute Gasteiger partial charge is 0.475 e. The van der Waals surface area contributed by atoms with E-state index in [9.17, 15) is 13.2 Å². The van der Waals surface area contributed by atoms with Crippen LogP contribution in [0.15, 0.2) is 15.4 Å². The second kappa shape index (κ2) is 7.09. The van der Waals surface area contributed by atoms with E-state index in [1.165, 1.54) is 6.92 Å². The van der Waals surface area contributed by atoms with Crippen LogP contribution in [0.4, 0.5) is 0 Å². The molecule has 0 amide bonds. The van der Waals surface area contributed by atoms with Crippen LogP contribution in [-0.4, -0.2) is 25.5 Å². The average Bonchev–Trinajstić information content (AvgIpc) is 2.71. The Morgan fingerprint density at radius 3 is 2.43 bits per heavy atom. The van der Waals surface area contributed by atoms with E-state index in [-0.39, 0.29) is 22.5 Å². The van der Waals surface area contributed by atoms with E-state index >= 15 is 0 Å². The Bertz CT molecular complexity index is 589. The minimum absolute atomic E-state index is 0.0780. The molecule has 0 spiro atoms. The van der Waals surface area contributed by atoms with Gasteiger partial charge in [-0.25, -0.2) is 17.9 Å². The number of aromatic carboxylic acids is 1. The Morgan fingerprint density at radius 1 is 1.33 bits per heavy atom. The predicted molar refractivity (Wildman–Crippen MR) is 78.9 cm³/mol. The van der Waals surface area contributed by atoms with Crippen molar-refractivity contribution < 1.29 is 22.7 Å². The summed E-state index contributed by atoms with van der Waals surface area (Å²) >= 11 is 0. The van der Waals surface area contributed by atoms with Gasteiger partial charge >= 0.3 is 5.97 Å². The molecule has 0 saturated heterocycles.